The zero-order valence-electron chi connectivity index (χ0n) is 15.0. The van der Waals surface area contributed by atoms with Crippen LogP contribution in [0.1, 0.15) is 16.7 Å². The Hall–Kier alpha value is -3.40. The summed E-state index contributed by atoms with van der Waals surface area (Å²) in [5.74, 6) is -0.129. The normalized spacial score (nSPS) is 10.2. The predicted molar refractivity (Wildman–Crippen MR) is 107 cm³/mol. The van der Waals surface area contributed by atoms with Crippen molar-refractivity contribution < 1.29 is 9.59 Å². The Morgan fingerprint density at radius 1 is 0.630 bits per heavy atom. The third kappa shape index (κ3) is 5.82. The summed E-state index contributed by atoms with van der Waals surface area (Å²) >= 11 is 0. The maximum Gasteiger partial charge on any atom is 0.228 e. The lowest BCUT2D eigenvalue weighted by atomic mass is 10.1. The van der Waals surface area contributed by atoms with Gasteiger partial charge in [-0.3, -0.25) is 9.59 Å². The Morgan fingerprint density at radius 2 is 1.15 bits per heavy atom. The third-order valence-corrected chi connectivity index (χ3v) is 4.18. The molecule has 2 N–H and O–H groups in total. The maximum absolute atomic E-state index is 12.3. The summed E-state index contributed by atoms with van der Waals surface area (Å²) in [4.78, 5) is 24.5. The van der Waals surface area contributed by atoms with Crippen LogP contribution >= 0.6 is 0 Å². The lowest BCUT2D eigenvalue weighted by Gasteiger charge is -2.12. The second-order valence-corrected chi connectivity index (χ2v) is 6.31. The van der Waals surface area contributed by atoms with Crippen molar-refractivity contribution in [1.82, 2.24) is 5.32 Å². The highest BCUT2D eigenvalue weighted by molar-refractivity contribution is 5.93. The average Bonchev–Trinajstić information content (AvgIpc) is 2.69. The summed E-state index contributed by atoms with van der Waals surface area (Å²) in [6.07, 6.45) is 0.652. The molecule has 3 aromatic rings. The Balaban J connectivity index is 1.57. The molecule has 0 radical (unpaired) electrons. The van der Waals surface area contributed by atoms with Crippen molar-refractivity contribution in [2.75, 3.05) is 5.32 Å². The molecule has 0 atom stereocenters. The number of amides is 2. The second-order valence-electron chi connectivity index (χ2n) is 6.31. The van der Waals surface area contributed by atoms with Crippen LogP contribution in [0.5, 0.6) is 0 Å². The Kier molecular flexibility index (Phi) is 6.36. The van der Waals surface area contributed by atoms with Gasteiger partial charge in [-0.1, -0.05) is 78.9 Å². The lowest BCUT2D eigenvalue weighted by molar-refractivity contribution is -0.120. The van der Waals surface area contributed by atoms with E-state index in [1.807, 2.05) is 84.9 Å². The lowest BCUT2D eigenvalue weighted by Crippen LogP contribution is -2.25. The number of hydrogen-bond donors (Lipinski definition) is 2. The fourth-order valence-electron chi connectivity index (χ4n) is 2.81. The Bertz CT molecular complexity index is 893. The number of benzene rings is 3. The van der Waals surface area contributed by atoms with Gasteiger partial charge in [0.1, 0.15) is 0 Å². The van der Waals surface area contributed by atoms with Crippen LogP contribution in [0, 0.1) is 0 Å². The fourth-order valence-corrected chi connectivity index (χ4v) is 2.81. The van der Waals surface area contributed by atoms with Gasteiger partial charge in [0.25, 0.3) is 0 Å². The SMILES string of the molecule is O=C(Cc1ccccc1)NCc1ccccc1NC(=O)Cc1ccccc1. The van der Waals surface area contributed by atoms with E-state index in [9.17, 15) is 9.59 Å². The first-order valence-corrected chi connectivity index (χ1v) is 8.93. The number of carbonyl (C=O) groups excluding carboxylic acids is 2. The molecule has 27 heavy (non-hydrogen) atoms. The summed E-state index contributed by atoms with van der Waals surface area (Å²) < 4.78 is 0. The van der Waals surface area contributed by atoms with Crippen LogP contribution in [-0.2, 0) is 29.0 Å². The van der Waals surface area contributed by atoms with Gasteiger partial charge in [-0.05, 0) is 22.8 Å². The highest BCUT2D eigenvalue weighted by atomic mass is 16.2. The van der Waals surface area contributed by atoms with Crippen LogP contribution in [0.25, 0.3) is 0 Å². The summed E-state index contributed by atoms with van der Waals surface area (Å²) in [6, 6.07) is 26.7. The zero-order valence-corrected chi connectivity index (χ0v) is 15.0. The van der Waals surface area contributed by atoms with Gasteiger partial charge >= 0.3 is 0 Å². The quantitative estimate of drug-likeness (QED) is 0.676. The zero-order chi connectivity index (χ0) is 18.9. The molecule has 0 bridgehead atoms. The van der Waals surface area contributed by atoms with Crippen LogP contribution in [0.4, 0.5) is 5.69 Å². The second kappa shape index (κ2) is 9.34. The van der Waals surface area contributed by atoms with Crippen LogP contribution < -0.4 is 10.6 Å². The number of para-hydroxylation sites is 1. The number of anilines is 1. The summed E-state index contributed by atoms with van der Waals surface area (Å²) in [5, 5.41) is 5.86. The molecule has 4 nitrogen and oxygen atoms in total. The van der Waals surface area contributed by atoms with E-state index >= 15 is 0 Å². The van der Waals surface area contributed by atoms with Gasteiger partial charge in [0.2, 0.25) is 11.8 Å². The molecule has 0 fully saturated rings. The molecule has 0 aliphatic carbocycles. The molecule has 136 valence electrons. The largest absolute Gasteiger partial charge is 0.352 e. The van der Waals surface area contributed by atoms with Crippen LogP contribution in [0.2, 0.25) is 0 Å². The topological polar surface area (TPSA) is 58.2 Å². The van der Waals surface area contributed by atoms with Gasteiger partial charge in [0, 0.05) is 12.2 Å². The van der Waals surface area contributed by atoms with Crippen molar-refractivity contribution in [2.45, 2.75) is 19.4 Å². The van der Waals surface area contributed by atoms with E-state index < -0.39 is 0 Å². The first-order chi connectivity index (χ1) is 13.2. The van der Waals surface area contributed by atoms with Gasteiger partial charge < -0.3 is 10.6 Å². The Morgan fingerprint density at radius 3 is 1.78 bits per heavy atom. The molecule has 0 aliphatic heterocycles. The minimum atomic E-state index is -0.0794. The average molecular weight is 358 g/mol. The first-order valence-electron chi connectivity index (χ1n) is 8.93. The smallest absolute Gasteiger partial charge is 0.228 e. The van der Waals surface area contributed by atoms with Crippen molar-refractivity contribution in [2.24, 2.45) is 0 Å². The van der Waals surface area contributed by atoms with Crippen molar-refractivity contribution in [1.29, 1.82) is 0 Å². The molecular weight excluding hydrogens is 336 g/mol. The standard InChI is InChI=1S/C23H22N2O2/c26-22(15-18-9-3-1-4-10-18)24-17-20-13-7-8-14-21(20)25-23(27)16-19-11-5-2-6-12-19/h1-14H,15-17H2,(H,24,26)(H,25,27). The predicted octanol–water partition coefficient (Wildman–Crippen LogP) is 3.73. The van der Waals surface area contributed by atoms with E-state index in [4.69, 9.17) is 0 Å². The number of hydrogen-bond acceptors (Lipinski definition) is 2. The fraction of sp³-hybridized carbons (Fsp3) is 0.130. The monoisotopic (exact) mass is 358 g/mol. The van der Waals surface area contributed by atoms with Gasteiger partial charge in [-0.2, -0.15) is 0 Å². The number of carbonyl (C=O) groups is 2. The van der Waals surface area contributed by atoms with E-state index in [1.54, 1.807) is 0 Å². The number of rotatable bonds is 7. The molecule has 0 heterocycles. The molecule has 0 saturated heterocycles. The van der Waals surface area contributed by atoms with Crippen molar-refractivity contribution in [3.63, 3.8) is 0 Å². The molecule has 0 aliphatic rings. The van der Waals surface area contributed by atoms with Gasteiger partial charge in [-0.15, -0.1) is 0 Å². The molecule has 0 saturated carbocycles. The van der Waals surface area contributed by atoms with Crippen LogP contribution in [-0.4, -0.2) is 11.8 Å². The summed E-state index contributed by atoms with van der Waals surface area (Å²) in [7, 11) is 0. The van der Waals surface area contributed by atoms with Gasteiger partial charge in [0.05, 0.1) is 12.8 Å². The molecular formula is C23H22N2O2. The van der Waals surface area contributed by atoms with E-state index in [-0.39, 0.29) is 11.8 Å². The maximum atomic E-state index is 12.3. The molecule has 0 spiro atoms. The minimum Gasteiger partial charge on any atom is -0.352 e. The molecule has 0 aromatic heterocycles. The van der Waals surface area contributed by atoms with Crippen LogP contribution in [0.15, 0.2) is 84.9 Å². The van der Waals surface area contributed by atoms with Gasteiger partial charge in [0.15, 0.2) is 0 Å². The highest BCUT2D eigenvalue weighted by Crippen LogP contribution is 2.15. The van der Waals surface area contributed by atoms with Crippen molar-refractivity contribution in [3.8, 4) is 0 Å². The number of nitrogens with one attached hydrogen (secondary N) is 2. The van der Waals surface area contributed by atoms with E-state index in [0.29, 0.717) is 19.4 Å². The van der Waals surface area contributed by atoms with Crippen molar-refractivity contribution in [3.05, 3.63) is 102 Å². The summed E-state index contributed by atoms with van der Waals surface area (Å²) in [6.45, 7) is 0.369. The van der Waals surface area contributed by atoms with E-state index in [2.05, 4.69) is 10.6 Å². The minimum absolute atomic E-state index is 0.0494. The van der Waals surface area contributed by atoms with E-state index in [0.717, 1.165) is 22.4 Å². The molecule has 2 amide bonds. The molecule has 0 unspecified atom stereocenters. The van der Waals surface area contributed by atoms with Gasteiger partial charge in [-0.25, -0.2) is 0 Å². The molecule has 4 heteroatoms. The van der Waals surface area contributed by atoms with E-state index in [1.165, 1.54) is 0 Å². The molecule has 3 aromatic carbocycles. The van der Waals surface area contributed by atoms with Crippen LogP contribution in [0.3, 0.4) is 0 Å². The first kappa shape index (κ1) is 18.4. The van der Waals surface area contributed by atoms with Crippen molar-refractivity contribution >= 4 is 17.5 Å². The third-order valence-electron chi connectivity index (χ3n) is 4.18. The highest BCUT2D eigenvalue weighted by Gasteiger charge is 2.09. The Labute approximate surface area is 159 Å². The molecule has 3 rings (SSSR count). The summed E-state index contributed by atoms with van der Waals surface area (Å²) in [5.41, 5.74) is 3.53.